The second kappa shape index (κ2) is 8.47. The van der Waals surface area contributed by atoms with Gasteiger partial charge in [0.1, 0.15) is 16.9 Å². The molecule has 1 heterocycles. The molecule has 0 aliphatic carbocycles. The van der Waals surface area contributed by atoms with Gasteiger partial charge in [0.15, 0.2) is 0 Å². The molecule has 1 aliphatic heterocycles. The van der Waals surface area contributed by atoms with E-state index in [0.717, 1.165) is 5.56 Å². The van der Waals surface area contributed by atoms with E-state index >= 15 is 0 Å². The van der Waals surface area contributed by atoms with Crippen LogP contribution in [-0.2, 0) is 9.59 Å². The van der Waals surface area contributed by atoms with E-state index in [9.17, 15) is 9.59 Å². The van der Waals surface area contributed by atoms with Gasteiger partial charge in [-0.3, -0.25) is 9.59 Å². The number of amides is 2. The summed E-state index contributed by atoms with van der Waals surface area (Å²) in [6.07, 6.45) is 0.278. The molecule has 2 rings (SSSR count). The number of hydrogen-bond acceptors (Lipinski definition) is 5. The van der Waals surface area contributed by atoms with Gasteiger partial charge in [0.05, 0.1) is 19.5 Å². The van der Waals surface area contributed by atoms with Crippen molar-refractivity contribution >= 4 is 23.6 Å². The zero-order chi connectivity index (χ0) is 18.6. The van der Waals surface area contributed by atoms with Crippen molar-refractivity contribution in [3.8, 4) is 11.5 Å². The fourth-order valence-electron chi connectivity index (χ4n) is 2.79. The zero-order valence-electron chi connectivity index (χ0n) is 15.4. The average molecular weight is 366 g/mol. The highest BCUT2D eigenvalue weighted by Gasteiger charge is 2.39. The van der Waals surface area contributed by atoms with Crippen LogP contribution in [0.4, 0.5) is 0 Å². The molecule has 0 radical (unpaired) electrons. The van der Waals surface area contributed by atoms with Crippen LogP contribution >= 0.6 is 11.8 Å². The summed E-state index contributed by atoms with van der Waals surface area (Å²) in [5.74, 6) is 1.40. The third kappa shape index (κ3) is 4.60. The molecule has 25 heavy (non-hydrogen) atoms. The molecule has 6 nitrogen and oxygen atoms in total. The summed E-state index contributed by atoms with van der Waals surface area (Å²) in [6.45, 7) is 6.10. The van der Waals surface area contributed by atoms with E-state index in [2.05, 4.69) is 5.32 Å². The lowest BCUT2D eigenvalue weighted by Gasteiger charge is -2.25. The SMILES string of the molecule is COc1ccc(OC)c([C@H]2S[C@@H](C)C(=O)N2CCC(=O)NC(C)C)c1. The van der Waals surface area contributed by atoms with Crippen molar-refractivity contribution in [1.82, 2.24) is 10.2 Å². The lowest BCUT2D eigenvalue weighted by molar-refractivity contribution is -0.130. The number of carbonyl (C=O) groups is 2. The van der Waals surface area contributed by atoms with Crippen molar-refractivity contribution in [1.29, 1.82) is 0 Å². The van der Waals surface area contributed by atoms with E-state index in [1.807, 2.05) is 39.0 Å². The topological polar surface area (TPSA) is 67.9 Å². The summed E-state index contributed by atoms with van der Waals surface area (Å²) in [4.78, 5) is 26.3. The maximum absolute atomic E-state index is 12.6. The Morgan fingerprint density at radius 1 is 1.32 bits per heavy atom. The van der Waals surface area contributed by atoms with Crippen LogP contribution in [0.5, 0.6) is 11.5 Å². The number of thioether (sulfide) groups is 1. The van der Waals surface area contributed by atoms with E-state index in [0.29, 0.717) is 18.0 Å². The summed E-state index contributed by atoms with van der Waals surface area (Å²) in [6, 6.07) is 5.65. The molecule has 1 aromatic carbocycles. The smallest absolute Gasteiger partial charge is 0.236 e. The van der Waals surface area contributed by atoms with E-state index in [1.54, 1.807) is 30.9 Å². The Balaban J connectivity index is 2.23. The van der Waals surface area contributed by atoms with Crippen LogP contribution in [0.1, 0.15) is 38.1 Å². The van der Waals surface area contributed by atoms with Crippen LogP contribution in [0.2, 0.25) is 0 Å². The Hall–Kier alpha value is -1.89. The Bertz CT molecular complexity index is 636. The van der Waals surface area contributed by atoms with Crippen molar-refractivity contribution in [3.63, 3.8) is 0 Å². The third-order valence-electron chi connectivity index (χ3n) is 3.98. The summed E-state index contributed by atoms with van der Waals surface area (Å²) in [7, 11) is 3.21. The number of hydrogen-bond donors (Lipinski definition) is 1. The van der Waals surface area contributed by atoms with Gasteiger partial charge in [-0.2, -0.15) is 0 Å². The number of carbonyl (C=O) groups excluding carboxylic acids is 2. The normalized spacial score (nSPS) is 20.1. The molecule has 1 aliphatic rings. The van der Waals surface area contributed by atoms with Crippen LogP contribution in [0.25, 0.3) is 0 Å². The first-order valence-corrected chi connectivity index (χ1v) is 9.28. The lowest BCUT2D eigenvalue weighted by Crippen LogP contribution is -2.36. The largest absolute Gasteiger partial charge is 0.497 e. The van der Waals surface area contributed by atoms with Crippen molar-refractivity contribution in [2.24, 2.45) is 0 Å². The average Bonchev–Trinajstić information content (AvgIpc) is 2.86. The number of rotatable bonds is 7. The van der Waals surface area contributed by atoms with Gasteiger partial charge in [-0.25, -0.2) is 0 Å². The molecular weight excluding hydrogens is 340 g/mol. The number of nitrogens with zero attached hydrogens (tertiary/aromatic N) is 1. The molecular formula is C18H26N2O4S. The third-order valence-corrected chi connectivity index (χ3v) is 5.36. The molecule has 2 amide bonds. The molecule has 138 valence electrons. The molecule has 2 atom stereocenters. The molecule has 1 N–H and O–H groups in total. The molecule has 1 aromatic rings. The van der Waals surface area contributed by atoms with Crippen LogP contribution in [0.15, 0.2) is 18.2 Å². The predicted molar refractivity (Wildman–Crippen MR) is 98.9 cm³/mol. The Morgan fingerprint density at radius 2 is 2.04 bits per heavy atom. The Kier molecular flexibility index (Phi) is 6.58. The molecule has 0 bridgehead atoms. The van der Waals surface area contributed by atoms with Crippen molar-refractivity contribution in [2.45, 2.75) is 43.9 Å². The highest BCUT2D eigenvalue weighted by Crippen LogP contribution is 2.46. The van der Waals surface area contributed by atoms with Crippen LogP contribution in [0, 0.1) is 0 Å². The molecule has 1 saturated heterocycles. The first-order chi connectivity index (χ1) is 11.9. The molecule has 0 aromatic heterocycles. The van der Waals surface area contributed by atoms with E-state index < -0.39 is 0 Å². The number of ether oxygens (including phenoxy) is 2. The Labute approximate surface area is 153 Å². The van der Waals surface area contributed by atoms with Gasteiger partial charge in [0.25, 0.3) is 0 Å². The quantitative estimate of drug-likeness (QED) is 0.803. The van der Waals surface area contributed by atoms with Gasteiger partial charge in [0, 0.05) is 24.6 Å². The molecule has 0 unspecified atom stereocenters. The molecule has 7 heteroatoms. The van der Waals surface area contributed by atoms with Gasteiger partial charge in [-0.05, 0) is 39.0 Å². The number of benzene rings is 1. The highest BCUT2D eigenvalue weighted by atomic mass is 32.2. The monoisotopic (exact) mass is 366 g/mol. The lowest BCUT2D eigenvalue weighted by atomic mass is 10.1. The minimum atomic E-state index is -0.195. The summed E-state index contributed by atoms with van der Waals surface area (Å²) in [5, 5.41) is 2.51. The fourth-order valence-corrected chi connectivity index (χ4v) is 4.12. The van der Waals surface area contributed by atoms with Crippen LogP contribution < -0.4 is 14.8 Å². The minimum Gasteiger partial charge on any atom is -0.497 e. The summed E-state index contributed by atoms with van der Waals surface area (Å²) >= 11 is 1.56. The van der Waals surface area contributed by atoms with Gasteiger partial charge in [0.2, 0.25) is 11.8 Å². The van der Waals surface area contributed by atoms with E-state index in [4.69, 9.17) is 9.47 Å². The number of methoxy groups -OCH3 is 2. The van der Waals surface area contributed by atoms with Crippen molar-refractivity contribution in [2.75, 3.05) is 20.8 Å². The fraction of sp³-hybridized carbons (Fsp3) is 0.556. The first-order valence-electron chi connectivity index (χ1n) is 8.34. The maximum atomic E-state index is 12.6. The predicted octanol–water partition coefficient (Wildman–Crippen LogP) is 2.58. The first kappa shape index (κ1) is 19.4. The van der Waals surface area contributed by atoms with Gasteiger partial charge in [-0.15, -0.1) is 11.8 Å². The summed E-state index contributed by atoms with van der Waals surface area (Å²) < 4.78 is 10.8. The zero-order valence-corrected chi connectivity index (χ0v) is 16.2. The highest BCUT2D eigenvalue weighted by molar-refractivity contribution is 8.01. The van der Waals surface area contributed by atoms with Gasteiger partial charge in [-0.1, -0.05) is 0 Å². The standard InChI is InChI=1S/C18H26N2O4S/c1-11(2)19-16(21)8-9-20-17(22)12(3)25-18(20)14-10-13(23-4)6-7-15(14)24-5/h6-7,10-12,18H,8-9H2,1-5H3,(H,19,21)/t12-,18+/m0/s1. The second-order valence-corrected chi connectivity index (χ2v) is 7.67. The van der Waals surface area contributed by atoms with Gasteiger partial charge < -0.3 is 19.7 Å². The van der Waals surface area contributed by atoms with Gasteiger partial charge >= 0.3 is 0 Å². The maximum Gasteiger partial charge on any atom is 0.236 e. The molecule has 0 spiro atoms. The molecule has 1 fully saturated rings. The van der Waals surface area contributed by atoms with Crippen LogP contribution in [-0.4, -0.2) is 48.8 Å². The number of nitrogens with one attached hydrogen (secondary N) is 1. The molecule has 0 saturated carbocycles. The van der Waals surface area contributed by atoms with E-state index in [-0.39, 0.29) is 34.9 Å². The summed E-state index contributed by atoms with van der Waals surface area (Å²) in [5.41, 5.74) is 0.883. The Morgan fingerprint density at radius 3 is 2.64 bits per heavy atom. The second-order valence-electron chi connectivity index (χ2n) is 6.24. The van der Waals surface area contributed by atoms with Crippen LogP contribution in [0.3, 0.4) is 0 Å². The van der Waals surface area contributed by atoms with Crippen molar-refractivity contribution < 1.29 is 19.1 Å². The van der Waals surface area contributed by atoms with E-state index in [1.165, 1.54) is 0 Å². The minimum absolute atomic E-state index is 0.0391. The van der Waals surface area contributed by atoms with Crippen molar-refractivity contribution in [3.05, 3.63) is 23.8 Å².